The first kappa shape index (κ1) is 35.3. The molecule has 0 aliphatic carbocycles. The van der Waals surface area contributed by atoms with Crippen molar-refractivity contribution in [3.05, 3.63) is 130 Å². The van der Waals surface area contributed by atoms with Crippen LogP contribution in [0.3, 0.4) is 0 Å². The SMILES string of the molecule is O=C(Nc1ccccc1-c1ccccc1)OC1CCN(CCNC(=O)c2ccc(CCNC[C@@H](O)c3ccc(O)c4[nH]c(=O)ccc34)cc2)CC1. The third-order valence-electron chi connectivity index (χ3n) is 9.18. The Bertz CT molecular complexity index is 1990. The van der Waals surface area contributed by atoms with Gasteiger partial charge in [-0.15, -0.1) is 0 Å². The fraction of sp³-hybridized carbons (Fsp3) is 0.275. The van der Waals surface area contributed by atoms with E-state index in [9.17, 15) is 24.6 Å². The van der Waals surface area contributed by atoms with Crippen molar-refractivity contribution in [1.82, 2.24) is 20.5 Å². The number of aromatic nitrogens is 1. The molecule has 2 amide bonds. The number of carbonyl (C=O) groups is 2. The number of phenols is 1. The van der Waals surface area contributed by atoms with Crippen molar-refractivity contribution in [3.63, 3.8) is 0 Å². The Morgan fingerprint density at radius 1 is 0.882 bits per heavy atom. The second kappa shape index (κ2) is 16.9. The lowest BCUT2D eigenvalue weighted by Gasteiger charge is -2.31. The summed E-state index contributed by atoms with van der Waals surface area (Å²) in [6, 6.07) is 31.2. The van der Waals surface area contributed by atoms with Gasteiger partial charge in [0, 0.05) is 55.3 Å². The number of aliphatic hydroxyl groups is 1. The summed E-state index contributed by atoms with van der Waals surface area (Å²) in [5, 5.41) is 30.6. The quantitative estimate of drug-likeness (QED) is 0.0921. The molecule has 1 atom stereocenters. The van der Waals surface area contributed by atoms with Crippen LogP contribution < -0.4 is 21.5 Å². The molecule has 11 nitrogen and oxygen atoms in total. The molecule has 0 bridgehead atoms. The molecule has 1 saturated heterocycles. The molecular formula is C40H43N5O6. The lowest BCUT2D eigenvalue weighted by atomic mass is 10.0. The summed E-state index contributed by atoms with van der Waals surface area (Å²) in [4.78, 5) is 42.0. The number of ether oxygens (including phenoxy) is 1. The fourth-order valence-electron chi connectivity index (χ4n) is 6.39. The number of hydrogen-bond donors (Lipinski definition) is 6. The van der Waals surface area contributed by atoms with Crippen LogP contribution in [0.1, 0.15) is 40.4 Å². The number of anilines is 1. The van der Waals surface area contributed by atoms with Gasteiger partial charge in [-0.2, -0.15) is 0 Å². The van der Waals surface area contributed by atoms with E-state index in [0.717, 1.165) is 42.6 Å². The molecular weight excluding hydrogens is 646 g/mol. The molecule has 1 aromatic heterocycles. The Labute approximate surface area is 296 Å². The van der Waals surface area contributed by atoms with Crippen molar-refractivity contribution in [3.8, 4) is 16.9 Å². The minimum absolute atomic E-state index is 0.0451. The van der Waals surface area contributed by atoms with Gasteiger partial charge >= 0.3 is 6.09 Å². The van der Waals surface area contributed by atoms with E-state index >= 15 is 0 Å². The topological polar surface area (TPSA) is 156 Å². The number of aromatic hydroxyl groups is 1. The molecule has 2 heterocycles. The molecule has 0 unspecified atom stereocenters. The molecule has 0 spiro atoms. The molecule has 264 valence electrons. The average molecular weight is 690 g/mol. The minimum Gasteiger partial charge on any atom is -0.506 e. The number of nitrogens with one attached hydrogen (secondary N) is 4. The summed E-state index contributed by atoms with van der Waals surface area (Å²) in [5.41, 5.74) is 4.91. The highest BCUT2D eigenvalue weighted by Gasteiger charge is 2.23. The van der Waals surface area contributed by atoms with Crippen LogP contribution in [0, 0.1) is 0 Å². The van der Waals surface area contributed by atoms with Gasteiger partial charge in [0.1, 0.15) is 11.9 Å². The second-order valence-electron chi connectivity index (χ2n) is 12.7. The largest absolute Gasteiger partial charge is 0.506 e. The van der Waals surface area contributed by atoms with Gasteiger partial charge in [-0.05, 0) is 72.8 Å². The summed E-state index contributed by atoms with van der Waals surface area (Å²) < 4.78 is 5.75. The Hall–Kier alpha value is -5.49. The maximum absolute atomic E-state index is 12.8. The van der Waals surface area contributed by atoms with Gasteiger partial charge in [-0.1, -0.05) is 66.7 Å². The standard InChI is InChI=1S/C40H43N5O6/c46-35-16-14-32(33-15-17-37(48)44-38(33)35)36(47)26-41-21-18-27-10-12-29(13-11-27)39(49)42-22-25-45-23-19-30(20-24-45)51-40(50)43-34-9-5-4-8-31(34)28-6-2-1-3-7-28/h1-17,30,36,41,46-47H,18-26H2,(H,42,49)(H,43,50)(H,44,48)/t36-/m1/s1. The van der Waals surface area contributed by atoms with E-state index in [0.29, 0.717) is 60.3 Å². The number of piperidine rings is 1. The summed E-state index contributed by atoms with van der Waals surface area (Å²) in [5.74, 6) is -0.174. The van der Waals surface area contributed by atoms with Gasteiger partial charge in [0.25, 0.3) is 5.91 Å². The van der Waals surface area contributed by atoms with Crippen LogP contribution in [0.4, 0.5) is 10.5 Å². The van der Waals surface area contributed by atoms with E-state index < -0.39 is 12.2 Å². The van der Waals surface area contributed by atoms with Crippen molar-refractivity contribution in [2.24, 2.45) is 0 Å². The van der Waals surface area contributed by atoms with Gasteiger partial charge in [0.15, 0.2) is 0 Å². The van der Waals surface area contributed by atoms with E-state index in [1.54, 1.807) is 12.1 Å². The van der Waals surface area contributed by atoms with Crippen LogP contribution in [0.25, 0.3) is 22.0 Å². The van der Waals surface area contributed by atoms with E-state index in [1.807, 2.05) is 78.9 Å². The molecule has 1 fully saturated rings. The van der Waals surface area contributed by atoms with Gasteiger partial charge in [0.05, 0.1) is 17.3 Å². The van der Waals surface area contributed by atoms with Gasteiger partial charge in [-0.25, -0.2) is 4.79 Å². The normalized spacial score (nSPS) is 14.2. The molecule has 6 N–H and O–H groups in total. The van der Waals surface area contributed by atoms with E-state index in [1.165, 1.54) is 12.1 Å². The van der Waals surface area contributed by atoms with E-state index in [4.69, 9.17) is 4.74 Å². The molecule has 1 aliphatic heterocycles. The zero-order chi connectivity index (χ0) is 35.6. The van der Waals surface area contributed by atoms with Crippen LogP contribution in [-0.4, -0.2) is 77.5 Å². The first-order chi connectivity index (χ1) is 24.8. The number of likely N-dealkylation sites (tertiary alicyclic amines) is 1. The fourth-order valence-corrected chi connectivity index (χ4v) is 6.39. The number of phenolic OH excluding ortho intramolecular Hbond substituents is 1. The highest BCUT2D eigenvalue weighted by molar-refractivity contribution is 5.94. The van der Waals surface area contributed by atoms with Crippen LogP contribution in [0.15, 0.2) is 108 Å². The number of fused-ring (bicyclic) bond motifs is 1. The Morgan fingerprint density at radius 3 is 2.41 bits per heavy atom. The van der Waals surface area contributed by atoms with Crippen molar-refractivity contribution < 1.29 is 24.5 Å². The summed E-state index contributed by atoms with van der Waals surface area (Å²) in [6.07, 6.45) is 0.724. The second-order valence-corrected chi connectivity index (χ2v) is 12.7. The average Bonchev–Trinajstić information content (AvgIpc) is 3.15. The Balaban J connectivity index is 0.867. The lowest BCUT2D eigenvalue weighted by Crippen LogP contribution is -2.42. The molecule has 6 rings (SSSR count). The third-order valence-corrected chi connectivity index (χ3v) is 9.18. The monoisotopic (exact) mass is 689 g/mol. The van der Waals surface area contributed by atoms with Crippen molar-refractivity contribution in [2.75, 3.05) is 44.6 Å². The number of aliphatic hydroxyl groups excluding tert-OH is 1. The number of H-pyrrole nitrogens is 1. The molecule has 1 aliphatic rings. The van der Waals surface area contributed by atoms with Crippen LogP contribution in [-0.2, 0) is 11.2 Å². The smallest absolute Gasteiger partial charge is 0.411 e. The summed E-state index contributed by atoms with van der Waals surface area (Å²) >= 11 is 0. The highest BCUT2D eigenvalue weighted by atomic mass is 16.6. The van der Waals surface area contributed by atoms with Gasteiger partial charge in [-0.3, -0.25) is 14.9 Å². The van der Waals surface area contributed by atoms with Gasteiger partial charge < -0.3 is 35.5 Å². The Kier molecular flexibility index (Phi) is 11.7. The number of para-hydroxylation sites is 1. The van der Waals surface area contributed by atoms with E-state index in [-0.39, 0.29) is 23.3 Å². The highest BCUT2D eigenvalue weighted by Crippen LogP contribution is 2.29. The van der Waals surface area contributed by atoms with Crippen molar-refractivity contribution in [1.29, 1.82) is 0 Å². The number of aromatic amines is 1. The minimum atomic E-state index is -0.828. The number of nitrogens with zero attached hydrogens (tertiary/aromatic N) is 1. The van der Waals surface area contributed by atoms with Crippen LogP contribution in [0.5, 0.6) is 5.75 Å². The number of carbonyl (C=O) groups excluding carboxylic acids is 2. The molecule has 0 radical (unpaired) electrons. The molecule has 5 aromatic rings. The number of pyridine rings is 1. The molecule has 4 aromatic carbocycles. The van der Waals surface area contributed by atoms with Crippen molar-refractivity contribution >= 4 is 28.6 Å². The zero-order valence-electron chi connectivity index (χ0n) is 28.3. The predicted octanol–water partition coefficient (Wildman–Crippen LogP) is 5.21. The first-order valence-electron chi connectivity index (χ1n) is 17.3. The summed E-state index contributed by atoms with van der Waals surface area (Å²) in [6.45, 7) is 3.69. The molecule has 11 heteroatoms. The number of rotatable bonds is 13. The molecule has 51 heavy (non-hydrogen) atoms. The molecule has 0 saturated carbocycles. The van der Waals surface area contributed by atoms with Crippen molar-refractivity contribution in [2.45, 2.75) is 31.5 Å². The maximum Gasteiger partial charge on any atom is 0.411 e. The van der Waals surface area contributed by atoms with E-state index in [2.05, 4.69) is 25.8 Å². The summed E-state index contributed by atoms with van der Waals surface area (Å²) in [7, 11) is 0. The zero-order valence-corrected chi connectivity index (χ0v) is 28.3. The Morgan fingerprint density at radius 2 is 1.63 bits per heavy atom. The lowest BCUT2D eigenvalue weighted by molar-refractivity contribution is 0.0587. The van der Waals surface area contributed by atoms with Gasteiger partial charge in [0.2, 0.25) is 5.56 Å². The van der Waals surface area contributed by atoms with Crippen LogP contribution in [0.2, 0.25) is 0 Å². The first-order valence-corrected chi connectivity index (χ1v) is 17.3. The predicted molar refractivity (Wildman–Crippen MR) is 198 cm³/mol. The number of benzene rings is 4. The maximum atomic E-state index is 12.8. The van der Waals surface area contributed by atoms with Crippen LogP contribution >= 0.6 is 0 Å². The third kappa shape index (κ3) is 9.40. The number of amides is 2. The number of hydrogen-bond acceptors (Lipinski definition) is 8.